The van der Waals surface area contributed by atoms with E-state index in [1.54, 1.807) is 24.3 Å². The number of nitrogens with one attached hydrogen (secondary N) is 2. The van der Waals surface area contributed by atoms with E-state index in [1.165, 1.54) is 23.7 Å². The SMILES string of the molecule is CC(=O)Nc1cccc(NC(=O)c2ccc(=O)n(Cc3ccc(C)cc3)n2)c1. The molecule has 0 fully saturated rings. The molecular formula is C21H20N4O3. The van der Waals surface area contributed by atoms with Gasteiger partial charge in [0, 0.05) is 24.4 Å². The van der Waals surface area contributed by atoms with Crippen molar-refractivity contribution >= 4 is 23.2 Å². The van der Waals surface area contributed by atoms with Crippen LogP contribution in [0.25, 0.3) is 0 Å². The van der Waals surface area contributed by atoms with Crippen LogP contribution >= 0.6 is 0 Å². The number of carbonyl (C=O) groups excluding carboxylic acids is 2. The summed E-state index contributed by atoms with van der Waals surface area (Å²) < 4.78 is 1.26. The lowest BCUT2D eigenvalue weighted by Crippen LogP contribution is -2.26. The van der Waals surface area contributed by atoms with Gasteiger partial charge in [-0.3, -0.25) is 14.4 Å². The van der Waals surface area contributed by atoms with Gasteiger partial charge in [0.25, 0.3) is 11.5 Å². The molecule has 0 saturated heterocycles. The summed E-state index contributed by atoms with van der Waals surface area (Å²) in [4.78, 5) is 35.8. The van der Waals surface area contributed by atoms with E-state index in [0.717, 1.165) is 11.1 Å². The van der Waals surface area contributed by atoms with E-state index in [4.69, 9.17) is 0 Å². The van der Waals surface area contributed by atoms with Crippen molar-refractivity contribution in [1.82, 2.24) is 9.78 Å². The highest BCUT2D eigenvalue weighted by molar-refractivity contribution is 6.03. The Morgan fingerprint density at radius 1 is 0.964 bits per heavy atom. The number of amides is 2. The summed E-state index contributed by atoms with van der Waals surface area (Å²) >= 11 is 0. The zero-order valence-electron chi connectivity index (χ0n) is 15.6. The predicted molar refractivity (Wildman–Crippen MR) is 107 cm³/mol. The van der Waals surface area contributed by atoms with Crippen LogP contribution < -0.4 is 16.2 Å². The summed E-state index contributed by atoms with van der Waals surface area (Å²) in [7, 11) is 0. The number of hydrogen-bond acceptors (Lipinski definition) is 4. The number of aryl methyl sites for hydroxylation is 1. The number of anilines is 2. The van der Waals surface area contributed by atoms with E-state index in [2.05, 4.69) is 15.7 Å². The van der Waals surface area contributed by atoms with E-state index >= 15 is 0 Å². The number of aromatic nitrogens is 2. The molecule has 2 N–H and O–H groups in total. The van der Waals surface area contributed by atoms with E-state index < -0.39 is 5.91 Å². The second kappa shape index (κ2) is 8.30. The van der Waals surface area contributed by atoms with Gasteiger partial charge in [0.1, 0.15) is 5.69 Å². The smallest absolute Gasteiger partial charge is 0.276 e. The Hall–Kier alpha value is -3.74. The first-order valence-corrected chi connectivity index (χ1v) is 8.73. The molecule has 3 rings (SSSR count). The van der Waals surface area contributed by atoms with Gasteiger partial charge < -0.3 is 10.6 Å². The molecule has 0 saturated carbocycles. The minimum absolute atomic E-state index is 0.122. The quantitative estimate of drug-likeness (QED) is 0.716. The van der Waals surface area contributed by atoms with Crippen molar-refractivity contribution in [2.24, 2.45) is 0 Å². The van der Waals surface area contributed by atoms with Crippen molar-refractivity contribution in [3.05, 3.63) is 87.8 Å². The van der Waals surface area contributed by atoms with Crippen molar-refractivity contribution in [3.63, 3.8) is 0 Å². The maximum absolute atomic E-state index is 12.5. The van der Waals surface area contributed by atoms with Crippen LogP contribution in [0.2, 0.25) is 0 Å². The molecule has 7 heteroatoms. The summed E-state index contributed by atoms with van der Waals surface area (Å²) in [5, 5.41) is 9.56. The molecule has 1 heterocycles. The van der Waals surface area contributed by atoms with Crippen LogP contribution in [-0.4, -0.2) is 21.6 Å². The maximum atomic E-state index is 12.5. The van der Waals surface area contributed by atoms with Crippen LogP contribution in [0.3, 0.4) is 0 Å². The van der Waals surface area contributed by atoms with Gasteiger partial charge in [0.15, 0.2) is 0 Å². The Kier molecular flexibility index (Phi) is 5.64. The third kappa shape index (κ3) is 4.91. The Morgan fingerprint density at radius 3 is 2.32 bits per heavy atom. The molecule has 0 aliphatic carbocycles. The second-order valence-corrected chi connectivity index (χ2v) is 6.42. The van der Waals surface area contributed by atoms with Crippen LogP contribution in [-0.2, 0) is 11.3 Å². The first kappa shape index (κ1) is 19.0. The van der Waals surface area contributed by atoms with Gasteiger partial charge in [-0.1, -0.05) is 35.9 Å². The fourth-order valence-corrected chi connectivity index (χ4v) is 2.62. The van der Waals surface area contributed by atoms with E-state index in [1.807, 2.05) is 31.2 Å². The van der Waals surface area contributed by atoms with Gasteiger partial charge in [-0.25, -0.2) is 4.68 Å². The molecule has 2 aromatic carbocycles. The van der Waals surface area contributed by atoms with Gasteiger partial charge in [-0.2, -0.15) is 5.10 Å². The average Bonchev–Trinajstić information content (AvgIpc) is 2.65. The minimum atomic E-state index is -0.447. The monoisotopic (exact) mass is 376 g/mol. The molecule has 0 aliphatic heterocycles. The molecule has 0 unspecified atom stereocenters. The molecule has 0 bridgehead atoms. The lowest BCUT2D eigenvalue weighted by molar-refractivity contribution is -0.114. The molecule has 1 aromatic heterocycles. The first-order chi connectivity index (χ1) is 13.4. The summed E-state index contributed by atoms with van der Waals surface area (Å²) in [6, 6.07) is 17.2. The summed E-state index contributed by atoms with van der Waals surface area (Å²) in [5.41, 5.74) is 2.96. The van der Waals surface area contributed by atoms with Gasteiger partial charge in [-0.15, -0.1) is 0 Å². The number of rotatable bonds is 5. The lowest BCUT2D eigenvalue weighted by Gasteiger charge is -2.09. The first-order valence-electron chi connectivity index (χ1n) is 8.73. The zero-order chi connectivity index (χ0) is 20.1. The minimum Gasteiger partial charge on any atom is -0.326 e. The third-order valence-electron chi connectivity index (χ3n) is 3.99. The number of hydrogen-bond donors (Lipinski definition) is 2. The molecule has 7 nitrogen and oxygen atoms in total. The molecule has 0 atom stereocenters. The zero-order valence-corrected chi connectivity index (χ0v) is 15.6. The maximum Gasteiger partial charge on any atom is 0.276 e. The molecule has 0 aliphatic rings. The highest BCUT2D eigenvalue weighted by Gasteiger charge is 2.11. The largest absolute Gasteiger partial charge is 0.326 e. The molecule has 142 valence electrons. The van der Waals surface area contributed by atoms with Gasteiger partial charge in [0.05, 0.1) is 6.54 Å². The fraction of sp³-hybridized carbons (Fsp3) is 0.143. The Labute approximate surface area is 162 Å². The third-order valence-corrected chi connectivity index (χ3v) is 3.99. The predicted octanol–water partition coefficient (Wildman–Crippen LogP) is 2.81. The van der Waals surface area contributed by atoms with Gasteiger partial charge in [-0.05, 0) is 36.8 Å². The summed E-state index contributed by atoms with van der Waals surface area (Å²) in [6.07, 6.45) is 0. The topological polar surface area (TPSA) is 93.1 Å². The van der Waals surface area contributed by atoms with Crippen LogP contribution in [0.4, 0.5) is 11.4 Å². The standard InChI is InChI=1S/C21H20N4O3/c1-14-6-8-16(9-7-14)13-25-20(27)11-10-19(24-25)21(28)23-18-5-3-4-17(12-18)22-15(2)26/h3-12H,13H2,1-2H3,(H,22,26)(H,23,28). The van der Waals surface area contributed by atoms with Crippen LogP contribution in [0.15, 0.2) is 65.5 Å². The average molecular weight is 376 g/mol. The Morgan fingerprint density at radius 2 is 1.64 bits per heavy atom. The van der Waals surface area contributed by atoms with Crippen molar-refractivity contribution in [1.29, 1.82) is 0 Å². The van der Waals surface area contributed by atoms with E-state index in [-0.39, 0.29) is 23.7 Å². The van der Waals surface area contributed by atoms with Gasteiger partial charge in [0.2, 0.25) is 5.91 Å². The van der Waals surface area contributed by atoms with Crippen LogP contribution in [0.1, 0.15) is 28.5 Å². The van der Waals surface area contributed by atoms with Crippen molar-refractivity contribution in [2.75, 3.05) is 10.6 Å². The molecule has 2 amide bonds. The van der Waals surface area contributed by atoms with Crippen molar-refractivity contribution in [3.8, 4) is 0 Å². The summed E-state index contributed by atoms with van der Waals surface area (Å²) in [6.45, 7) is 3.67. The highest BCUT2D eigenvalue weighted by atomic mass is 16.2. The number of nitrogens with zero attached hydrogens (tertiary/aromatic N) is 2. The molecule has 0 radical (unpaired) electrons. The van der Waals surface area contributed by atoms with Crippen molar-refractivity contribution in [2.45, 2.75) is 20.4 Å². The molecular weight excluding hydrogens is 356 g/mol. The lowest BCUT2D eigenvalue weighted by atomic mass is 10.1. The fourth-order valence-electron chi connectivity index (χ4n) is 2.62. The number of carbonyl (C=O) groups is 2. The van der Waals surface area contributed by atoms with E-state index in [9.17, 15) is 14.4 Å². The van der Waals surface area contributed by atoms with Gasteiger partial charge >= 0.3 is 0 Å². The number of benzene rings is 2. The van der Waals surface area contributed by atoms with Crippen LogP contribution in [0.5, 0.6) is 0 Å². The second-order valence-electron chi connectivity index (χ2n) is 6.42. The van der Waals surface area contributed by atoms with E-state index in [0.29, 0.717) is 11.4 Å². The normalized spacial score (nSPS) is 10.4. The van der Waals surface area contributed by atoms with Crippen LogP contribution in [0, 0.1) is 6.92 Å². The van der Waals surface area contributed by atoms with Crippen molar-refractivity contribution < 1.29 is 9.59 Å². The Balaban J connectivity index is 1.78. The Bertz CT molecular complexity index is 1070. The highest BCUT2D eigenvalue weighted by Crippen LogP contribution is 2.15. The summed E-state index contributed by atoms with van der Waals surface area (Å²) in [5.74, 6) is -0.647. The molecule has 0 spiro atoms. The molecule has 3 aromatic rings. The molecule has 28 heavy (non-hydrogen) atoms.